The molecule has 25 heavy (non-hydrogen) atoms. The molecule has 0 unspecified atom stereocenters. The molecule has 2 aliphatic rings. The van der Waals surface area contributed by atoms with Gasteiger partial charge in [-0.1, -0.05) is 12.1 Å². The van der Waals surface area contributed by atoms with Gasteiger partial charge in [-0.15, -0.1) is 0 Å². The minimum absolute atomic E-state index is 0.124. The first kappa shape index (κ1) is 16.5. The van der Waals surface area contributed by atoms with E-state index < -0.39 is 0 Å². The van der Waals surface area contributed by atoms with Gasteiger partial charge in [0, 0.05) is 30.9 Å². The summed E-state index contributed by atoms with van der Waals surface area (Å²) in [6, 6.07) is 2.63. The van der Waals surface area contributed by atoms with Crippen LogP contribution in [0.15, 0.2) is 10.6 Å². The molecule has 1 aliphatic heterocycles. The average Bonchev–Trinajstić information content (AvgIpc) is 3.38. The number of amides is 1. The average molecular weight is 342 g/mol. The van der Waals surface area contributed by atoms with Crippen molar-refractivity contribution < 1.29 is 9.32 Å². The first-order valence-corrected chi connectivity index (χ1v) is 9.37. The summed E-state index contributed by atoms with van der Waals surface area (Å²) >= 11 is 0. The second-order valence-corrected chi connectivity index (χ2v) is 7.37. The van der Waals surface area contributed by atoms with E-state index in [-0.39, 0.29) is 5.91 Å². The van der Waals surface area contributed by atoms with Crippen molar-refractivity contribution in [3.05, 3.63) is 23.0 Å². The number of pyridine rings is 1. The molecule has 6 heteroatoms. The fourth-order valence-electron chi connectivity index (χ4n) is 4.02. The number of likely N-dealkylation sites (tertiary alicyclic amines) is 1. The largest absolute Gasteiger partial charge is 0.336 e. The number of carbonyl (C=O) groups excluding carboxylic acids is 1. The van der Waals surface area contributed by atoms with Crippen LogP contribution in [0.25, 0.3) is 11.1 Å². The van der Waals surface area contributed by atoms with Gasteiger partial charge in [0.2, 0.25) is 0 Å². The van der Waals surface area contributed by atoms with Gasteiger partial charge in [0.05, 0.1) is 16.6 Å². The van der Waals surface area contributed by atoms with Crippen molar-refractivity contribution in [2.24, 2.45) is 0 Å². The number of rotatable bonds is 4. The number of aromatic nitrogens is 2. The Balaban J connectivity index is 1.67. The van der Waals surface area contributed by atoms with E-state index in [4.69, 9.17) is 4.52 Å². The van der Waals surface area contributed by atoms with E-state index in [2.05, 4.69) is 26.9 Å². The molecule has 0 spiro atoms. The van der Waals surface area contributed by atoms with Crippen molar-refractivity contribution in [3.8, 4) is 0 Å². The Bertz CT molecular complexity index is 788. The highest BCUT2D eigenvalue weighted by Crippen LogP contribution is 2.34. The Labute approximate surface area is 148 Å². The quantitative estimate of drug-likeness (QED) is 0.855. The molecule has 1 saturated heterocycles. The standard InChI is InChI=1S/C19H26N4O2/c1-4-22-9-7-15(8-10-22)23(14-5-6-14)19(24)16-11-12(2)20-18-17(16)13(3)21-25-18/h11,14-15H,4-10H2,1-3H3. The van der Waals surface area contributed by atoms with Crippen LogP contribution >= 0.6 is 0 Å². The lowest BCUT2D eigenvalue weighted by molar-refractivity contribution is 0.0556. The number of piperidine rings is 1. The predicted octanol–water partition coefficient (Wildman–Crippen LogP) is 2.93. The topological polar surface area (TPSA) is 62.5 Å². The first-order chi connectivity index (χ1) is 12.1. The monoisotopic (exact) mass is 342 g/mol. The van der Waals surface area contributed by atoms with E-state index in [1.165, 1.54) is 0 Å². The normalized spacial score (nSPS) is 19.5. The molecule has 0 atom stereocenters. The van der Waals surface area contributed by atoms with Gasteiger partial charge in [0.25, 0.3) is 11.6 Å². The lowest BCUT2D eigenvalue weighted by Crippen LogP contribution is -2.48. The zero-order chi connectivity index (χ0) is 17.6. The minimum Gasteiger partial charge on any atom is -0.336 e. The number of hydrogen-bond acceptors (Lipinski definition) is 5. The summed E-state index contributed by atoms with van der Waals surface area (Å²) in [6.07, 6.45) is 4.36. The second kappa shape index (κ2) is 6.41. The Hall–Kier alpha value is -1.95. The van der Waals surface area contributed by atoms with E-state index in [1.54, 1.807) is 0 Å². The highest BCUT2D eigenvalue weighted by molar-refractivity contribution is 6.06. The van der Waals surface area contributed by atoms with E-state index >= 15 is 0 Å². The molecule has 0 radical (unpaired) electrons. The second-order valence-electron chi connectivity index (χ2n) is 7.37. The lowest BCUT2D eigenvalue weighted by Gasteiger charge is -2.38. The van der Waals surface area contributed by atoms with Gasteiger partial charge in [0.15, 0.2) is 0 Å². The maximum atomic E-state index is 13.5. The summed E-state index contributed by atoms with van der Waals surface area (Å²) in [4.78, 5) is 22.5. The van der Waals surface area contributed by atoms with Gasteiger partial charge in [-0.2, -0.15) is 0 Å². The molecule has 6 nitrogen and oxygen atoms in total. The van der Waals surface area contributed by atoms with Crippen molar-refractivity contribution in [2.45, 2.75) is 58.5 Å². The van der Waals surface area contributed by atoms with Crippen LogP contribution in [-0.2, 0) is 0 Å². The Morgan fingerprint density at radius 3 is 2.56 bits per heavy atom. The molecular weight excluding hydrogens is 316 g/mol. The highest BCUT2D eigenvalue weighted by atomic mass is 16.5. The van der Waals surface area contributed by atoms with Gasteiger partial charge in [-0.25, -0.2) is 4.98 Å². The maximum Gasteiger partial charge on any atom is 0.258 e. The zero-order valence-electron chi connectivity index (χ0n) is 15.3. The summed E-state index contributed by atoms with van der Waals surface area (Å²) < 4.78 is 5.31. The molecule has 0 N–H and O–H groups in total. The molecule has 3 heterocycles. The van der Waals surface area contributed by atoms with Crippen LogP contribution in [0.1, 0.15) is 54.4 Å². The molecular formula is C19H26N4O2. The Kier molecular flexibility index (Phi) is 4.23. The van der Waals surface area contributed by atoms with Gasteiger partial charge < -0.3 is 14.3 Å². The first-order valence-electron chi connectivity index (χ1n) is 9.37. The van der Waals surface area contributed by atoms with Gasteiger partial charge in [-0.3, -0.25) is 4.79 Å². The fraction of sp³-hybridized carbons (Fsp3) is 0.632. The van der Waals surface area contributed by atoms with Crippen LogP contribution in [0.4, 0.5) is 0 Å². The summed E-state index contributed by atoms with van der Waals surface area (Å²) in [6.45, 7) is 9.23. The third-order valence-corrected chi connectivity index (χ3v) is 5.55. The molecule has 4 rings (SSSR count). The molecule has 2 fully saturated rings. The molecule has 0 bridgehead atoms. The van der Waals surface area contributed by atoms with E-state index in [1.807, 2.05) is 19.9 Å². The van der Waals surface area contributed by atoms with E-state index in [0.29, 0.717) is 23.4 Å². The molecule has 134 valence electrons. The molecule has 0 aromatic carbocycles. The number of nitrogens with zero attached hydrogens (tertiary/aromatic N) is 4. The molecule has 1 amide bonds. The Morgan fingerprint density at radius 1 is 1.24 bits per heavy atom. The zero-order valence-corrected chi connectivity index (χ0v) is 15.3. The molecule has 2 aromatic heterocycles. The predicted molar refractivity (Wildman–Crippen MR) is 95.6 cm³/mol. The molecule has 1 aliphatic carbocycles. The third kappa shape index (κ3) is 3.03. The van der Waals surface area contributed by atoms with Crippen LogP contribution in [0.2, 0.25) is 0 Å². The van der Waals surface area contributed by atoms with Gasteiger partial charge >= 0.3 is 0 Å². The van der Waals surface area contributed by atoms with Crippen LogP contribution in [0, 0.1) is 13.8 Å². The SMILES string of the molecule is CCN1CCC(N(C(=O)c2cc(C)nc3onc(C)c23)C2CC2)CC1. The number of carbonyl (C=O) groups is 1. The lowest BCUT2D eigenvalue weighted by atomic mass is 10.0. The van der Waals surface area contributed by atoms with Crippen molar-refractivity contribution in [1.29, 1.82) is 0 Å². The highest BCUT2D eigenvalue weighted by Gasteiger charge is 2.39. The van der Waals surface area contributed by atoms with Crippen molar-refractivity contribution in [3.63, 3.8) is 0 Å². The maximum absolute atomic E-state index is 13.5. The Morgan fingerprint density at radius 2 is 1.92 bits per heavy atom. The summed E-state index contributed by atoms with van der Waals surface area (Å²) in [5, 5.41) is 4.79. The van der Waals surface area contributed by atoms with Crippen molar-refractivity contribution in [1.82, 2.24) is 19.9 Å². The summed E-state index contributed by atoms with van der Waals surface area (Å²) in [5.74, 6) is 0.124. The molecule has 2 aromatic rings. The van der Waals surface area contributed by atoms with E-state index in [9.17, 15) is 4.79 Å². The summed E-state index contributed by atoms with van der Waals surface area (Å²) in [7, 11) is 0. The van der Waals surface area contributed by atoms with Crippen LogP contribution < -0.4 is 0 Å². The van der Waals surface area contributed by atoms with Crippen molar-refractivity contribution in [2.75, 3.05) is 19.6 Å². The van der Waals surface area contributed by atoms with Gasteiger partial charge in [-0.05, 0) is 52.1 Å². The van der Waals surface area contributed by atoms with Gasteiger partial charge in [0.1, 0.15) is 0 Å². The smallest absolute Gasteiger partial charge is 0.258 e. The third-order valence-electron chi connectivity index (χ3n) is 5.55. The number of hydrogen-bond donors (Lipinski definition) is 0. The van der Waals surface area contributed by atoms with Crippen LogP contribution in [0.5, 0.6) is 0 Å². The van der Waals surface area contributed by atoms with E-state index in [0.717, 1.165) is 62.1 Å². The minimum atomic E-state index is 0.124. The fourth-order valence-corrected chi connectivity index (χ4v) is 4.02. The number of aryl methyl sites for hydroxylation is 2. The van der Waals surface area contributed by atoms with Crippen LogP contribution in [-0.4, -0.2) is 57.6 Å². The van der Waals surface area contributed by atoms with Crippen LogP contribution in [0.3, 0.4) is 0 Å². The van der Waals surface area contributed by atoms with Crippen molar-refractivity contribution >= 4 is 17.0 Å². The number of fused-ring (bicyclic) bond motifs is 1. The summed E-state index contributed by atoms with van der Waals surface area (Å²) in [5.41, 5.74) is 2.70. The molecule has 1 saturated carbocycles.